The van der Waals surface area contributed by atoms with Gasteiger partial charge in [-0.3, -0.25) is 9.69 Å². The van der Waals surface area contributed by atoms with Crippen LogP contribution in [0.2, 0.25) is 0 Å². The average Bonchev–Trinajstić information content (AvgIpc) is 3.04. The maximum Gasteiger partial charge on any atom is 0.276 e. The first-order valence-corrected chi connectivity index (χ1v) is 7.83. The van der Waals surface area contributed by atoms with Crippen molar-refractivity contribution in [3.05, 3.63) is 51.8 Å². The molecule has 2 heterocycles. The number of rotatable bonds is 2. The van der Waals surface area contributed by atoms with Crippen LogP contribution in [0.1, 0.15) is 11.3 Å². The van der Waals surface area contributed by atoms with Crippen LogP contribution >= 0.6 is 28.1 Å². The van der Waals surface area contributed by atoms with Crippen molar-refractivity contribution in [2.75, 3.05) is 7.05 Å². The molecule has 0 atom stereocenters. The van der Waals surface area contributed by atoms with Gasteiger partial charge in [0, 0.05) is 23.2 Å². The SMILES string of the molecule is Cc1cc(-c2ccc(/C=C3\NC(=S)N(C)C3=O)o2)ccc1Br. The van der Waals surface area contributed by atoms with Gasteiger partial charge in [0.15, 0.2) is 5.11 Å². The maximum atomic E-state index is 11.9. The molecule has 6 heteroatoms. The molecule has 1 aliphatic rings. The van der Waals surface area contributed by atoms with Gasteiger partial charge < -0.3 is 9.73 Å². The van der Waals surface area contributed by atoms with E-state index in [1.807, 2.05) is 37.3 Å². The molecule has 1 aromatic carbocycles. The molecule has 0 saturated carbocycles. The summed E-state index contributed by atoms with van der Waals surface area (Å²) >= 11 is 8.52. The average molecular weight is 377 g/mol. The molecule has 1 N–H and O–H groups in total. The number of carbonyl (C=O) groups excluding carboxylic acids is 1. The van der Waals surface area contributed by atoms with Crippen molar-refractivity contribution in [3.8, 4) is 11.3 Å². The largest absolute Gasteiger partial charge is 0.457 e. The summed E-state index contributed by atoms with van der Waals surface area (Å²) in [6.07, 6.45) is 1.66. The van der Waals surface area contributed by atoms with Gasteiger partial charge >= 0.3 is 0 Å². The number of halogens is 1. The van der Waals surface area contributed by atoms with Crippen LogP contribution in [-0.2, 0) is 4.79 Å². The molecule has 112 valence electrons. The molecule has 0 aliphatic carbocycles. The summed E-state index contributed by atoms with van der Waals surface area (Å²) in [4.78, 5) is 13.3. The second kappa shape index (κ2) is 5.70. The number of amides is 1. The van der Waals surface area contributed by atoms with E-state index in [9.17, 15) is 4.79 Å². The topological polar surface area (TPSA) is 45.5 Å². The molecule has 1 fully saturated rings. The second-order valence-corrected chi connectivity index (χ2v) is 6.26. The fourth-order valence-corrected chi connectivity index (χ4v) is 2.59. The fourth-order valence-electron chi connectivity index (χ4n) is 2.15. The summed E-state index contributed by atoms with van der Waals surface area (Å²) in [5.41, 5.74) is 2.54. The molecule has 2 aromatic rings. The number of hydrogen-bond acceptors (Lipinski definition) is 3. The van der Waals surface area contributed by atoms with E-state index < -0.39 is 0 Å². The molecule has 0 bridgehead atoms. The molecular formula is C16H13BrN2O2S. The molecule has 0 spiro atoms. The molecule has 1 aliphatic heterocycles. The van der Waals surface area contributed by atoms with E-state index >= 15 is 0 Å². The number of nitrogens with one attached hydrogen (secondary N) is 1. The normalized spacial score (nSPS) is 16.5. The number of nitrogens with zero attached hydrogens (tertiary/aromatic N) is 1. The van der Waals surface area contributed by atoms with E-state index in [1.54, 1.807) is 13.1 Å². The number of likely N-dealkylation sites (N-methyl/N-ethyl adjacent to an activating group) is 1. The molecule has 4 nitrogen and oxygen atoms in total. The standard InChI is InChI=1S/C16H13BrN2O2S/c1-9-7-10(3-5-12(9)17)14-6-4-11(21-14)8-13-15(20)19(2)16(22)18-13/h3-8H,1-2H3,(H,18,22)/b13-8-. The van der Waals surface area contributed by atoms with Crippen LogP contribution in [0.15, 0.2) is 44.9 Å². The Bertz CT molecular complexity index is 810. The Morgan fingerprint density at radius 2 is 2.09 bits per heavy atom. The molecule has 1 aromatic heterocycles. The first-order valence-electron chi connectivity index (χ1n) is 6.63. The highest BCUT2D eigenvalue weighted by Crippen LogP contribution is 2.27. The summed E-state index contributed by atoms with van der Waals surface area (Å²) < 4.78 is 6.86. The Hall–Kier alpha value is -1.92. The van der Waals surface area contributed by atoms with Crippen molar-refractivity contribution in [3.63, 3.8) is 0 Å². The van der Waals surface area contributed by atoms with E-state index in [-0.39, 0.29) is 5.91 Å². The monoisotopic (exact) mass is 376 g/mol. The highest BCUT2D eigenvalue weighted by atomic mass is 79.9. The van der Waals surface area contributed by atoms with Crippen molar-refractivity contribution < 1.29 is 9.21 Å². The summed E-state index contributed by atoms with van der Waals surface area (Å²) in [5, 5.41) is 3.27. The number of benzene rings is 1. The van der Waals surface area contributed by atoms with Crippen molar-refractivity contribution in [2.45, 2.75) is 6.92 Å². The van der Waals surface area contributed by atoms with E-state index in [0.717, 1.165) is 21.4 Å². The molecular weight excluding hydrogens is 364 g/mol. The summed E-state index contributed by atoms with van der Waals surface area (Å²) in [7, 11) is 1.64. The van der Waals surface area contributed by atoms with Crippen LogP contribution in [0.3, 0.4) is 0 Å². The summed E-state index contributed by atoms with van der Waals surface area (Å²) in [5.74, 6) is 1.19. The Morgan fingerprint density at radius 3 is 2.73 bits per heavy atom. The van der Waals surface area contributed by atoms with Gasteiger partial charge in [0.1, 0.15) is 17.2 Å². The predicted molar refractivity (Wildman–Crippen MR) is 93.1 cm³/mol. The number of aryl methyl sites for hydroxylation is 1. The van der Waals surface area contributed by atoms with Crippen LogP contribution in [-0.4, -0.2) is 23.0 Å². The summed E-state index contributed by atoms with van der Waals surface area (Å²) in [6, 6.07) is 9.73. The van der Waals surface area contributed by atoms with E-state index in [4.69, 9.17) is 16.6 Å². The zero-order valence-electron chi connectivity index (χ0n) is 12.0. The van der Waals surface area contributed by atoms with Crippen LogP contribution in [0, 0.1) is 6.92 Å². The Labute approximate surface area is 141 Å². The third kappa shape index (κ3) is 2.71. The van der Waals surface area contributed by atoms with E-state index in [2.05, 4.69) is 21.2 Å². The quantitative estimate of drug-likeness (QED) is 0.640. The van der Waals surface area contributed by atoms with Gasteiger partial charge in [-0.05, 0) is 49.0 Å². The minimum absolute atomic E-state index is 0.164. The highest BCUT2D eigenvalue weighted by Gasteiger charge is 2.27. The molecule has 3 rings (SSSR count). The van der Waals surface area contributed by atoms with Gasteiger partial charge in [-0.1, -0.05) is 22.0 Å². The Morgan fingerprint density at radius 1 is 1.32 bits per heavy atom. The third-order valence-corrected chi connectivity index (χ3v) is 4.70. The van der Waals surface area contributed by atoms with Crippen molar-refractivity contribution in [2.24, 2.45) is 0 Å². The molecule has 1 saturated heterocycles. The van der Waals surface area contributed by atoms with Crippen LogP contribution in [0.4, 0.5) is 0 Å². The lowest BCUT2D eigenvalue weighted by Crippen LogP contribution is -2.25. The van der Waals surface area contributed by atoms with Gasteiger partial charge in [0.2, 0.25) is 0 Å². The molecule has 1 amide bonds. The first kappa shape index (κ1) is 15.0. The van der Waals surface area contributed by atoms with Gasteiger partial charge in [0.25, 0.3) is 5.91 Å². The zero-order valence-corrected chi connectivity index (χ0v) is 14.4. The zero-order chi connectivity index (χ0) is 15.9. The van der Waals surface area contributed by atoms with E-state index in [1.165, 1.54) is 4.90 Å². The summed E-state index contributed by atoms with van der Waals surface area (Å²) in [6.45, 7) is 2.03. The second-order valence-electron chi connectivity index (χ2n) is 5.02. The molecule has 0 unspecified atom stereocenters. The lowest BCUT2D eigenvalue weighted by molar-refractivity contribution is -0.121. The van der Waals surface area contributed by atoms with Gasteiger partial charge in [-0.2, -0.15) is 0 Å². The van der Waals surface area contributed by atoms with Crippen molar-refractivity contribution in [1.82, 2.24) is 10.2 Å². The predicted octanol–water partition coefficient (Wildman–Crippen LogP) is 3.70. The minimum atomic E-state index is -0.164. The first-order chi connectivity index (χ1) is 10.5. The van der Waals surface area contributed by atoms with Crippen LogP contribution in [0.5, 0.6) is 0 Å². The minimum Gasteiger partial charge on any atom is -0.457 e. The third-order valence-electron chi connectivity index (χ3n) is 3.44. The van der Waals surface area contributed by atoms with Gasteiger partial charge in [-0.15, -0.1) is 0 Å². The number of furan rings is 1. The lowest BCUT2D eigenvalue weighted by Gasteiger charge is -2.02. The number of carbonyl (C=O) groups is 1. The van der Waals surface area contributed by atoms with Crippen molar-refractivity contribution >= 4 is 45.2 Å². The fraction of sp³-hybridized carbons (Fsp3) is 0.125. The number of thiocarbonyl (C=S) groups is 1. The molecule has 22 heavy (non-hydrogen) atoms. The van der Waals surface area contributed by atoms with Crippen LogP contribution < -0.4 is 5.32 Å². The van der Waals surface area contributed by atoms with Crippen molar-refractivity contribution in [1.29, 1.82) is 0 Å². The van der Waals surface area contributed by atoms with Crippen LogP contribution in [0.25, 0.3) is 17.4 Å². The molecule has 0 radical (unpaired) electrons. The Balaban J connectivity index is 1.90. The Kier molecular flexibility index (Phi) is 3.88. The number of hydrogen-bond donors (Lipinski definition) is 1. The van der Waals surface area contributed by atoms with E-state index in [0.29, 0.717) is 16.6 Å². The van der Waals surface area contributed by atoms with Gasteiger partial charge in [-0.25, -0.2) is 0 Å². The highest BCUT2D eigenvalue weighted by molar-refractivity contribution is 9.10. The lowest BCUT2D eigenvalue weighted by atomic mass is 10.1. The maximum absolute atomic E-state index is 11.9. The smallest absolute Gasteiger partial charge is 0.276 e. The van der Waals surface area contributed by atoms with Gasteiger partial charge in [0.05, 0.1) is 0 Å².